The molecule has 1 saturated carbocycles. The third kappa shape index (κ3) is 2.28. The van der Waals surface area contributed by atoms with Gasteiger partial charge in [0.05, 0.1) is 18.4 Å². The molecule has 1 heterocycles. The number of hydrogen-bond acceptors (Lipinski definition) is 4. The molecule has 5 nitrogen and oxygen atoms in total. The molecule has 2 N–H and O–H groups in total. The summed E-state index contributed by atoms with van der Waals surface area (Å²) < 4.78 is 5.52. The van der Waals surface area contributed by atoms with Crippen LogP contribution in [0.2, 0.25) is 0 Å². The average Bonchev–Trinajstić information content (AvgIpc) is 3.15. The van der Waals surface area contributed by atoms with Gasteiger partial charge in [0, 0.05) is 12.2 Å². The van der Waals surface area contributed by atoms with Crippen molar-refractivity contribution in [2.24, 2.45) is 11.8 Å². The van der Waals surface area contributed by atoms with E-state index in [1.54, 1.807) is 24.3 Å². The fourth-order valence-electron chi connectivity index (χ4n) is 2.45. The molecule has 1 aliphatic carbocycles. The largest absolute Gasteiger partial charge is 0.494 e. The summed E-state index contributed by atoms with van der Waals surface area (Å²) in [6.45, 7) is 0.940. The molecule has 1 aromatic rings. The molecule has 2 aliphatic rings. The zero-order chi connectivity index (χ0) is 13.4. The van der Waals surface area contributed by atoms with Crippen LogP contribution >= 0.6 is 0 Å². The lowest BCUT2D eigenvalue weighted by Gasteiger charge is -2.16. The topological polar surface area (TPSA) is 72.6 Å². The Morgan fingerprint density at radius 3 is 2.42 bits per heavy atom. The Kier molecular flexibility index (Phi) is 2.89. The number of carbonyl (C=O) groups is 2. The highest BCUT2D eigenvalue weighted by atomic mass is 16.5. The van der Waals surface area contributed by atoms with Crippen LogP contribution in [0.25, 0.3) is 0 Å². The van der Waals surface area contributed by atoms with E-state index in [0.29, 0.717) is 25.3 Å². The quantitative estimate of drug-likeness (QED) is 0.488. The first-order valence-corrected chi connectivity index (χ1v) is 6.50. The third-order valence-corrected chi connectivity index (χ3v) is 3.63. The van der Waals surface area contributed by atoms with Gasteiger partial charge in [0.1, 0.15) is 5.75 Å². The van der Waals surface area contributed by atoms with Crippen molar-refractivity contribution in [3.63, 3.8) is 0 Å². The van der Waals surface area contributed by atoms with E-state index >= 15 is 0 Å². The second kappa shape index (κ2) is 4.57. The molecular weight excluding hydrogens is 244 g/mol. The highest BCUT2D eigenvalue weighted by Crippen LogP contribution is 2.46. The number of nitrogen functional groups attached to an aromatic ring is 1. The number of rotatable bonds is 5. The number of ether oxygens (including phenoxy) is 1. The van der Waals surface area contributed by atoms with Crippen LogP contribution in [0.1, 0.15) is 12.8 Å². The van der Waals surface area contributed by atoms with Crippen LogP contribution in [-0.4, -0.2) is 29.9 Å². The van der Waals surface area contributed by atoms with Crippen LogP contribution in [-0.2, 0) is 9.59 Å². The predicted octanol–water partition coefficient (Wildman–Crippen LogP) is 1.04. The number of nitrogens with two attached hydrogens (primary N) is 1. The molecule has 1 saturated heterocycles. The molecule has 2 unspecified atom stereocenters. The molecule has 100 valence electrons. The Bertz CT molecular complexity index is 492. The SMILES string of the molecule is Nc1ccc(OCCCN2C(=O)C3CC3C2=O)cc1. The van der Waals surface area contributed by atoms with Crippen molar-refractivity contribution in [3.8, 4) is 5.75 Å². The van der Waals surface area contributed by atoms with E-state index in [0.717, 1.165) is 12.2 Å². The summed E-state index contributed by atoms with van der Waals surface area (Å²) in [5, 5.41) is 0. The van der Waals surface area contributed by atoms with Crippen molar-refractivity contribution >= 4 is 17.5 Å². The molecule has 0 radical (unpaired) electrons. The Morgan fingerprint density at radius 1 is 1.16 bits per heavy atom. The molecule has 1 aromatic carbocycles. The van der Waals surface area contributed by atoms with Crippen LogP contribution in [0.15, 0.2) is 24.3 Å². The molecule has 0 spiro atoms. The van der Waals surface area contributed by atoms with Gasteiger partial charge in [-0.25, -0.2) is 0 Å². The molecule has 2 fully saturated rings. The van der Waals surface area contributed by atoms with Gasteiger partial charge < -0.3 is 10.5 Å². The summed E-state index contributed by atoms with van der Waals surface area (Å²) in [5.41, 5.74) is 6.27. The van der Waals surface area contributed by atoms with E-state index in [4.69, 9.17) is 10.5 Å². The molecule has 3 rings (SSSR count). The van der Waals surface area contributed by atoms with Crippen LogP contribution in [0.5, 0.6) is 5.75 Å². The van der Waals surface area contributed by atoms with E-state index in [2.05, 4.69) is 0 Å². The van der Waals surface area contributed by atoms with Gasteiger partial charge in [-0.3, -0.25) is 14.5 Å². The lowest BCUT2D eigenvalue weighted by molar-refractivity contribution is -0.141. The van der Waals surface area contributed by atoms with Crippen molar-refractivity contribution in [1.29, 1.82) is 0 Å². The zero-order valence-corrected chi connectivity index (χ0v) is 10.5. The number of piperidine rings is 1. The lowest BCUT2D eigenvalue weighted by Crippen LogP contribution is -2.34. The summed E-state index contributed by atoms with van der Waals surface area (Å²) >= 11 is 0. The highest BCUT2D eigenvalue weighted by molar-refractivity contribution is 6.08. The van der Waals surface area contributed by atoms with Crippen molar-refractivity contribution in [1.82, 2.24) is 4.90 Å². The second-order valence-corrected chi connectivity index (χ2v) is 5.05. The first-order chi connectivity index (χ1) is 9.16. The summed E-state index contributed by atoms with van der Waals surface area (Å²) in [6.07, 6.45) is 1.41. The van der Waals surface area contributed by atoms with Gasteiger partial charge in [-0.15, -0.1) is 0 Å². The number of carbonyl (C=O) groups excluding carboxylic acids is 2. The average molecular weight is 260 g/mol. The Labute approximate surface area is 111 Å². The number of hydrogen-bond donors (Lipinski definition) is 1. The van der Waals surface area contributed by atoms with Gasteiger partial charge in [-0.05, 0) is 37.1 Å². The molecule has 1 aliphatic heterocycles. The summed E-state index contributed by atoms with van der Waals surface area (Å²) in [7, 11) is 0. The fraction of sp³-hybridized carbons (Fsp3) is 0.429. The van der Waals surface area contributed by atoms with Crippen LogP contribution < -0.4 is 10.5 Å². The maximum atomic E-state index is 11.7. The Balaban J connectivity index is 1.43. The maximum absolute atomic E-state index is 11.7. The molecule has 19 heavy (non-hydrogen) atoms. The number of imide groups is 1. The van der Waals surface area contributed by atoms with Gasteiger partial charge in [0.15, 0.2) is 0 Å². The molecule has 2 atom stereocenters. The van der Waals surface area contributed by atoms with Crippen molar-refractivity contribution < 1.29 is 14.3 Å². The normalized spacial score (nSPS) is 24.5. The van der Waals surface area contributed by atoms with Gasteiger partial charge in [0.25, 0.3) is 0 Å². The predicted molar refractivity (Wildman–Crippen MR) is 69.3 cm³/mol. The minimum atomic E-state index is -0.00878. The number of anilines is 1. The Hall–Kier alpha value is -2.04. The minimum Gasteiger partial charge on any atom is -0.494 e. The fourth-order valence-corrected chi connectivity index (χ4v) is 2.45. The number of fused-ring (bicyclic) bond motifs is 1. The van der Waals surface area contributed by atoms with Crippen LogP contribution in [0, 0.1) is 11.8 Å². The van der Waals surface area contributed by atoms with E-state index in [1.165, 1.54) is 4.90 Å². The third-order valence-electron chi connectivity index (χ3n) is 3.63. The van der Waals surface area contributed by atoms with Crippen molar-refractivity contribution in [2.75, 3.05) is 18.9 Å². The first-order valence-electron chi connectivity index (χ1n) is 6.50. The van der Waals surface area contributed by atoms with Crippen molar-refractivity contribution in [2.45, 2.75) is 12.8 Å². The summed E-state index contributed by atoms with van der Waals surface area (Å²) in [6, 6.07) is 7.15. The molecule has 5 heteroatoms. The second-order valence-electron chi connectivity index (χ2n) is 5.05. The van der Waals surface area contributed by atoms with E-state index in [-0.39, 0.29) is 23.7 Å². The number of nitrogens with zero attached hydrogens (tertiary/aromatic N) is 1. The van der Waals surface area contributed by atoms with Gasteiger partial charge >= 0.3 is 0 Å². The molecule has 0 aromatic heterocycles. The minimum absolute atomic E-state index is 0.00230. The van der Waals surface area contributed by atoms with Crippen molar-refractivity contribution in [3.05, 3.63) is 24.3 Å². The molecule has 0 bridgehead atoms. The Morgan fingerprint density at radius 2 is 1.79 bits per heavy atom. The van der Waals surface area contributed by atoms with Crippen LogP contribution in [0.3, 0.4) is 0 Å². The highest BCUT2D eigenvalue weighted by Gasteiger charge is 2.58. The van der Waals surface area contributed by atoms with Gasteiger partial charge in [0.2, 0.25) is 11.8 Å². The molecule has 2 amide bonds. The van der Waals surface area contributed by atoms with Crippen LogP contribution in [0.4, 0.5) is 5.69 Å². The number of amides is 2. The standard InChI is InChI=1S/C14H16N2O3/c15-9-2-4-10(5-3-9)19-7-1-6-16-13(17)11-8-12(11)14(16)18/h2-5,11-12H,1,6-8,15H2. The zero-order valence-electron chi connectivity index (χ0n) is 10.5. The number of likely N-dealkylation sites (tertiary alicyclic amines) is 1. The van der Waals surface area contributed by atoms with E-state index in [9.17, 15) is 9.59 Å². The number of benzene rings is 1. The van der Waals surface area contributed by atoms with Gasteiger partial charge in [-0.1, -0.05) is 0 Å². The van der Waals surface area contributed by atoms with Gasteiger partial charge in [-0.2, -0.15) is 0 Å². The maximum Gasteiger partial charge on any atom is 0.233 e. The summed E-state index contributed by atoms with van der Waals surface area (Å²) in [5.74, 6) is 0.733. The lowest BCUT2D eigenvalue weighted by atomic mass is 10.3. The first kappa shape index (κ1) is 12.0. The van der Waals surface area contributed by atoms with E-state index < -0.39 is 0 Å². The molecular formula is C14H16N2O3. The van der Waals surface area contributed by atoms with E-state index in [1.807, 2.05) is 0 Å². The smallest absolute Gasteiger partial charge is 0.233 e. The summed E-state index contributed by atoms with van der Waals surface area (Å²) in [4.78, 5) is 24.8. The monoisotopic (exact) mass is 260 g/mol.